The first-order valence-electron chi connectivity index (χ1n) is 8.92. The van der Waals surface area contributed by atoms with Gasteiger partial charge in [-0.15, -0.1) is 11.3 Å². The van der Waals surface area contributed by atoms with Crippen LogP contribution in [0.15, 0.2) is 41.8 Å². The smallest absolute Gasteiger partial charge is 0.258 e. The number of hydrogen-bond acceptors (Lipinski definition) is 4. The second-order valence-corrected chi connectivity index (χ2v) is 7.73. The van der Waals surface area contributed by atoms with Gasteiger partial charge in [0.05, 0.1) is 11.1 Å². The molecule has 27 heavy (non-hydrogen) atoms. The molecule has 1 aliphatic rings. The average molecular weight is 380 g/mol. The van der Waals surface area contributed by atoms with Gasteiger partial charge in [-0.2, -0.15) is 0 Å². The molecule has 0 fully saturated rings. The van der Waals surface area contributed by atoms with E-state index in [2.05, 4.69) is 10.3 Å². The number of Topliss-reactive ketones (excluding diaryl/α,β-unsaturated/α-hetero) is 1. The summed E-state index contributed by atoms with van der Waals surface area (Å²) in [4.78, 5) is 29.1. The van der Waals surface area contributed by atoms with Gasteiger partial charge in [-0.05, 0) is 48.9 Å². The molecule has 1 unspecified atom stereocenters. The Labute approximate surface area is 161 Å². The Kier molecular flexibility index (Phi) is 4.68. The van der Waals surface area contributed by atoms with Crippen LogP contribution in [0, 0.1) is 6.92 Å². The van der Waals surface area contributed by atoms with Gasteiger partial charge >= 0.3 is 0 Å². The van der Waals surface area contributed by atoms with E-state index in [1.54, 1.807) is 24.3 Å². The SMILES string of the molecule is Cc1[nH]c2c(c1C(=O)Nc1ccc(C(O)c3cccs3)cc1)C(=O)CCC2. The van der Waals surface area contributed by atoms with Crippen molar-refractivity contribution < 1.29 is 14.7 Å². The van der Waals surface area contributed by atoms with E-state index >= 15 is 0 Å². The molecular formula is C21H20N2O3S. The second kappa shape index (κ2) is 7.13. The van der Waals surface area contributed by atoms with Crippen molar-refractivity contribution in [2.45, 2.75) is 32.3 Å². The van der Waals surface area contributed by atoms with E-state index in [4.69, 9.17) is 0 Å². The lowest BCUT2D eigenvalue weighted by Crippen LogP contribution is -2.18. The van der Waals surface area contributed by atoms with Gasteiger partial charge in [-0.1, -0.05) is 18.2 Å². The van der Waals surface area contributed by atoms with Crippen molar-refractivity contribution in [1.82, 2.24) is 4.98 Å². The van der Waals surface area contributed by atoms with E-state index in [-0.39, 0.29) is 11.7 Å². The van der Waals surface area contributed by atoms with Crippen LogP contribution in [0.25, 0.3) is 0 Å². The Hall–Kier alpha value is -2.70. The van der Waals surface area contributed by atoms with Crippen molar-refractivity contribution in [3.8, 4) is 0 Å². The zero-order chi connectivity index (χ0) is 19.0. The lowest BCUT2D eigenvalue weighted by atomic mass is 9.93. The van der Waals surface area contributed by atoms with E-state index in [0.29, 0.717) is 23.2 Å². The summed E-state index contributed by atoms with van der Waals surface area (Å²) in [6.07, 6.45) is 1.43. The van der Waals surface area contributed by atoms with Crippen LogP contribution in [0.3, 0.4) is 0 Å². The third-order valence-corrected chi connectivity index (χ3v) is 5.82. The number of anilines is 1. The highest BCUT2D eigenvalue weighted by molar-refractivity contribution is 7.10. The number of aromatic nitrogens is 1. The molecular weight excluding hydrogens is 360 g/mol. The molecule has 1 atom stereocenters. The van der Waals surface area contributed by atoms with Crippen LogP contribution >= 0.6 is 11.3 Å². The number of thiophene rings is 1. The molecule has 6 heteroatoms. The maximum absolute atomic E-state index is 12.8. The van der Waals surface area contributed by atoms with E-state index in [1.807, 2.05) is 24.4 Å². The summed E-state index contributed by atoms with van der Waals surface area (Å²) in [6.45, 7) is 1.82. The summed E-state index contributed by atoms with van der Waals surface area (Å²) in [7, 11) is 0. The minimum atomic E-state index is -0.675. The normalized spacial score (nSPS) is 14.7. The highest BCUT2D eigenvalue weighted by Crippen LogP contribution is 2.29. The quantitative estimate of drug-likeness (QED) is 0.633. The van der Waals surface area contributed by atoms with Gasteiger partial charge in [0.2, 0.25) is 0 Å². The summed E-state index contributed by atoms with van der Waals surface area (Å²) in [6, 6.07) is 10.9. The maximum Gasteiger partial charge on any atom is 0.258 e. The lowest BCUT2D eigenvalue weighted by molar-refractivity contribution is 0.0956. The predicted octanol–water partition coefficient (Wildman–Crippen LogP) is 4.24. The van der Waals surface area contributed by atoms with Gasteiger partial charge in [-0.25, -0.2) is 0 Å². The second-order valence-electron chi connectivity index (χ2n) is 6.75. The zero-order valence-corrected chi connectivity index (χ0v) is 15.7. The van der Waals surface area contributed by atoms with Gasteiger partial charge in [0, 0.05) is 28.4 Å². The number of aliphatic hydroxyl groups is 1. The first-order valence-corrected chi connectivity index (χ1v) is 9.80. The van der Waals surface area contributed by atoms with Crippen LogP contribution in [0.4, 0.5) is 5.69 Å². The molecule has 3 aromatic rings. The molecule has 5 nitrogen and oxygen atoms in total. The molecule has 1 aromatic carbocycles. The molecule has 138 valence electrons. The van der Waals surface area contributed by atoms with Crippen LogP contribution in [0.5, 0.6) is 0 Å². The maximum atomic E-state index is 12.8. The monoisotopic (exact) mass is 380 g/mol. The standard InChI is InChI=1S/C21H20N2O3S/c1-12-18(19-15(22-12)4-2-5-16(19)24)21(26)23-14-9-7-13(8-10-14)20(25)17-6-3-11-27-17/h3,6-11,20,22,25H,2,4-5H2,1H3,(H,23,26). The number of rotatable bonds is 4. The summed E-state index contributed by atoms with van der Waals surface area (Å²) in [5, 5.41) is 15.2. The molecule has 2 heterocycles. The number of nitrogens with one attached hydrogen (secondary N) is 2. The number of benzene rings is 1. The molecule has 0 radical (unpaired) electrons. The molecule has 1 amide bonds. The first kappa shape index (κ1) is 17.7. The molecule has 0 saturated carbocycles. The van der Waals surface area contributed by atoms with Crippen molar-refractivity contribution in [2.24, 2.45) is 0 Å². The number of aryl methyl sites for hydroxylation is 2. The Bertz CT molecular complexity index is 987. The number of aromatic amines is 1. The minimum absolute atomic E-state index is 0.0279. The van der Waals surface area contributed by atoms with Crippen molar-refractivity contribution >= 4 is 28.7 Å². The summed E-state index contributed by atoms with van der Waals surface area (Å²) >= 11 is 1.50. The van der Waals surface area contributed by atoms with Crippen molar-refractivity contribution in [1.29, 1.82) is 0 Å². The van der Waals surface area contributed by atoms with Crippen LogP contribution in [-0.4, -0.2) is 21.8 Å². The molecule has 3 N–H and O–H groups in total. The number of amides is 1. The van der Waals surface area contributed by atoms with Crippen molar-refractivity contribution in [3.05, 3.63) is 74.7 Å². The summed E-state index contributed by atoms with van der Waals surface area (Å²) in [5.41, 5.74) is 3.96. The first-order chi connectivity index (χ1) is 13.0. The van der Waals surface area contributed by atoms with E-state index in [1.165, 1.54) is 11.3 Å². The number of ketones is 1. The van der Waals surface area contributed by atoms with Crippen molar-refractivity contribution in [3.63, 3.8) is 0 Å². The molecule has 1 aliphatic carbocycles. The Morgan fingerprint density at radius 1 is 1.22 bits per heavy atom. The van der Waals surface area contributed by atoms with Gasteiger partial charge in [-0.3, -0.25) is 9.59 Å². The molecule has 0 saturated heterocycles. The molecule has 0 spiro atoms. The van der Waals surface area contributed by atoms with Gasteiger partial charge < -0.3 is 15.4 Å². The fraction of sp³-hybridized carbons (Fsp3) is 0.238. The van der Waals surface area contributed by atoms with Crippen molar-refractivity contribution in [2.75, 3.05) is 5.32 Å². The number of carbonyl (C=O) groups excluding carboxylic acids is 2. The molecule has 0 bridgehead atoms. The van der Waals surface area contributed by atoms with Crippen LogP contribution in [-0.2, 0) is 6.42 Å². The summed E-state index contributed by atoms with van der Waals surface area (Å²) < 4.78 is 0. The minimum Gasteiger partial charge on any atom is -0.383 e. The number of H-pyrrole nitrogens is 1. The lowest BCUT2D eigenvalue weighted by Gasteiger charge is -2.13. The number of carbonyl (C=O) groups is 2. The number of fused-ring (bicyclic) bond motifs is 1. The molecule has 4 rings (SSSR count). The highest BCUT2D eigenvalue weighted by atomic mass is 32.1. The Morgan fingerprint density at radius 2 is 2.00 bits per heavy atom. The Balaban J connectivity index is 1.54. The Morgan fingerprint density at radius 3 is 2.70 bits per heavy atom. The van der Waals surface area contributed by atoms with Crippen LogP contribution in [0.2, 0.25) is 0 Å². The highest BCUT2D eigenvalue weighted by Gasteiger charge is 2.28. The summed E-state index contributed by atoms with van der Waals surface area (Å²) in [5.74, 6) is -0.257. The number of hydrogen-bond donors (Lipinski definition) is 3. The van der Waals surface area contributed by atoms with E-state index in [9.17, 15) is 14.7 Å². The van der Waals surface area contributed by atoms with E-state index in [0.717, 1.165) is 34.7 Å². The zero-order valence-electron chi connectivity index (χ0n) is 14.9. The van der Waals surface area contributed by atoms with Gasteiger partial charge in [0.25, 0.3) is 5.91 Å². The van der Waals surface area contributed by atoms with Crippen LogP contribution < -0.4 is 5.32 Å². The topological polar surface area (TPSA) is 82.2 Å². The van der Waals surface area contributed by atoms with Crippen LogP contribution in [0.1, 0.15) is 61.5 Å². The third-order valence-electron chi connectivity index (χ3n) is 4.90. The molecule has 0 aliphatic heterocycles. The largest absolute Gasteiger partial charge is 0.383 e. The fourth-order valence-electron chi connectivity index (χ4n) is 3.57. The molecule has 2 aromatic heterocycles. The number of aliphatic hydroxyl groups excluding tert-OH is 1. The third kappa shape index (κ3) is 3.34. The predicted molar refractivity (Wildman–Crippen MR) is 106 cm³/mol. The van der Waals surface area contributed by atoms with E-state index < -0.39 is 6.10 Å². The van der Waals surface area contributed by atoms with Gasteiger partial charge in [0.1, 0.15) is 6.10 Å². The van der Waals surface area contributed by atoms with Gasteiger partial charge in [0.15, 0.2) is 5.78 Å². The average Bonchev–Trinajstić information content (AvgIpc) is 3.29. The fourth-order valence-corrected chi connectivity index (χ4v) is 4.31.